The molecule has 1 aromatic carbocycles. The van der Waals surface area contributed by atoms with Gasteiger partial charge in [-0.15, -0.1) is 0 Å². The van der Waals surface area contributed by atoms with Gasteiger partial charge in [0.1, 0.15) is 18.2 Å². The van der Waals surface area contributed by atoms with Gasteiger partial charge in [-0.2, -0.15) is 0 Å². The van der Waals surface area contributed by atoms with Crippen LogP contribution < -0.4 is 10.1 Å². The molecule has 20 heavy (non-hydrogen) atoms. The molecule has 1 N–H and O–H groups in total. The second kappa shape index (κ2) is 7.01. The highest BCUT2D eigenvalue weighted by Crippen LogP contribution is 2.13. The van der Waals surface area contributed by atoms with Crippen LogP contribution in [-0.2, 0) is 13.2 Å². The van der Waals surface area contributed by atoms with Crippen molar-refractivity contribution < 1.29 is 9.13 Å². The van der Waals surface area contributed by atoms with Crippen molar-refractivity contribution in [1.82, 2.24) is 10.3 Å². The zero-order valence-electron chi connectivity index (χ0n) is 11.8. The summed E-state index contributed by atoms with van der Waals surface area (Å²) >= 11 is 0. The van der Waals surface area contributed by atoms with Gasteiger partial charge in [0.25, 0.3) is 0 Å². The Bertz CT molecular complexity index is 558. The molecular formula is C16H19FN2O. The lowest BCUT2D eigenvalue weighted by Gasteiger charge is -2.09. The molecule has 106 valence electrons. The van der Waals surface area contributed by atoms with E-state index < -0.39 is 0 Å². The molecule has 1 heterocycles. The van der Waals surface area contributed by atoms with Crippen molar-refractivity contribution in [2.24, 2.45) is 0 Å². The first-order valence-electron chi connectivity index (χ1n) is 6.70. The average Bonchev–Trinajstić information content (AvgIpc) is 2.43. The van der Waals surface area contributed by atoms with Crippen LogP contribution >= 0.6 is 0 Å². The van der Waals surface area contributed by atoms with Gasteiger partial charge < -0.3 is 10.1 Å². The predicted molar refractivity (Wildman–Crippen MR) is 76.9 cm³/mol. The fourth-order valence-corrected chi connectivity index (χ4v) is 1.73. The van der Waals surface area contributed by atoms with E-state index in [9.17, 15) is 4.39 Å². The summed E-state index contributed by atoms with van der Waals surface area (Å²) in [7, 11) is 0. The molecule has 2 aromatic rings. The lowest BCUT2D eigenvalue weighted by molar-refractivity contribution is 0.299. The molecular weight excluding hydrogens is 255 g/mol. The molecule has 0 aliphatic rings. The van der Waals surface area contributed by atoms with Gasteiger partial charge in [0.2, 0.25) is 0 Å². The lowest BCUT2D eigenvalue weighted by atomic mass is 10.3. The number of nitrogens with one attached hydrogen (secondary N) is 1. The van der Waals surface area contributed by atoms with Crippen LogP contribution in [0.25, 0.3) is 0 Å². The first-order valence-corrected chi connectivity index (χ1v) is 6.70. The largest absolute Gasteiger partial charge is 0.487 e. The number of nitrogens with zero attached hydrogens (tertiary/aromatic N) is 1. The molecule has 0 spiro atoms. The van der Waals surface area contributed by atoms with Crippen molar-refractivity contribution in [3.8, 4) is 5.75 Å². The topological polar surface area (TPSA) is 34.1 Å². The number of hydrogen-bond donors (Lipinski definition) is 1. The number of halogens is 1. The highest BCUT2D eigenvalue weighted by atomic mass is 19.1. The van der Waals surface area contributed by atoms with Gasteiger partial charge in [-0.25, -0.2) is 4.39 Å². The summed E-state index contributed by atoms with van der Waals surface area (Å²) in [6, 6.07) is 12.4. The monoisotopic (exact) mass is 274 g/mol. The maximum Gasteiger partial charge on any atom is 0.130 e. The van der Waals surface area contributed by atoms with Crippen molar-refractivity contribution in [3.63, 3.8) is 0 Å². The second-order valence-electron chi connectivity index (χ2n) is 4.90. The molecule has 0 unspecified atom stereocenters. The third-order valence-electron chi connectivity index (χ3n) is 2.74. The van der Waals surface area contributed by atoms with Crippen LogP contribution in [0, 0.1) is 5.82 Å². The van der Waals surface area contributed by atoms with Gasteiger partial charge in [-0.1, -0.05) is 26.0 Å². The molecule has 0 aliphatic heterocycles. The third-order valence-corrected chi connectivity index (χ3v) is 2.74. The summed E-state index contributed by atoms with van der Waals surface area (Å²) in [5.41, 5.74) is 1.80. The molecule has 0 saturated heterocycles. The van der Waals surface area contributed by atoms with Crippen molar-refractivity contribution in [2.45, 2.75) is 33.0 Å². The summed E-state index contributed by atoms with van der Waals surface area (Å²) in [5, 5.41) is 3.32. The van der Waals surface area contributed by atoms with Gasteiger partial charge >= 0.3 is 0 Å². The van der Waals surface area contributed by atoms with Crippen LogP contribution in [-0.4, -0.2) is 11.0 Å². The van der Waals surface area contributed by atoms with Gasteiger partial charge in [0, 0.05) is 18.7 Å². The normalized spacial score (nSPS) is 10.8. The second-order valence-corrected chi connectivity index (χ2v) is 4.90. The fraction of sp³-hybridized carbons (Fsp3) is 0.312. The smallest absolute Gasteiger partial charge is 0.130 e. The molecule has 0 atom stereocenters. The number of ether oxygens (including phenoxy) is 1. The third kappa shape index (κ3) is 4.63. The van der Waals surface area contributed by atoms with Crippen LogP contribution in [0.4, 0.5) is 4.39 Å². The van der Waals surface area contributed by atoms with Gasteiger partial charge in [-0.3, -0.25) is 4.98 Å². The standard InChI is InChI=1S/C16H19FN2O/c1-12(2)18-10-14-6-4-7-15(19-14)11-20-16-8-3-5-13(17)9-16/h3-9,12,18H,10-11H2,1-2H3. The molecule has 0 aliphatic carbocycles. The van der Waals surface area contributed by atoms with Crippen molar-refractivity contribution in [1.29, 1.82) is 0 Å². The Labute approximate surface area is 118 Å². The zero-order valence-corrected chi connectivity index (χ0v) is 11.8. The first-order chi connectivity index (χ1) is 9.63. The number of hydrogen-bond acceptors (Lipinski definition) is 3. The lowest BCUT2D eigenvalue weighted by Crippen LogP contribution is -2.22. The van der Waals surface area contributed by atoms with E-state index in [2.05, 4.69) is 24.1 Å². The van der Waals surface area contributed by atoms with E-state index in [4.69, 9.17) is 4.74 Å². The highest BCUT2D eigenvalue weighted by molar-refractivity contribution is 5.22. The van der Waals surface area contributed by atoms with E-state index in [1.54, 1.807) is 12.1 Å². The van der Waals surface area contributed by atoms with Gasteiger partial charge in [0.15, 0.2) is 0 Å². The Hall–Kier alpha value is -1.94. The summed E-state index contributed by atoms with van der Waals surface area (Å²) in [4.78, 5) is 4.50. The van der Waals surface area contributed by atoms with E-state index in [1.165, 1.54) is 12.1 Å². The number of benzene rings is 1. The summed E-state index contributed by atoms with van der Waals surface area (Å²) in [5.74, 6) is 0.211. The molecule has 3 nitrogen and oxygen atoms in total. The van der Waals surface area contributed by atoms with Crippen molar-refractivity contribution >= 4 is 0 Å². The molecule has 0 fully saturated rings. The molecule has 0 amide bonds. The minimum absolute atomic E-state index is 0.301. The Morgan fingerprint density at radius 1 is 1.15 bits per heavy atom. The Balaban J connectivity index is 1.94. The maximum atomic E-state index is 13.0. The summed E-state index contributed by atoms with van der Waals surface area (Å²) < 4.78 is 18.6. The van der Waals surface area contributed by atoms with E-state index in [-0.39, 0.29) is 5.82 Å². The van der Waals surface area contributed by atoms with Crippen LogP contribution in [0.5, 0.6) is 5.75 Å². The average molecular weight is 274 g/mol. The van der Waals surface area contributed by atoms with Gasteiger partial charge in [-0.05, 0) is 24.3 Å². The highest BCUT2D eigenvalue weighted by Gasteiger charge is 2.01. The minimum Gasteiger partial charge on any atom is -0.487 e. The van der Waals surface area contributed by atoms with Crippen LogP contribution in [0.2, 0.25) is 0 Å². The molecule has 2 rings (SSSR count). The fourth-order valence-electron chi connectivity index (χ4n) is 1.73. The van der Waals surface area contributed by atoms with E-state index in [0.717, 1.165) is 17.9 Å². The molecule has 0 saturated carbocycles. The van der Waals surface area contributed by atoms with Crippen molar-refractivity contribution in [3.05, 3.63) is 59.7 Å². The number of aromatic nitrogens is 1. The van der Waals surface area contributed by atoms with Crippen LogP contribution in [0.1, 0.15) is 25.2 Å². The summed E-state index contributed by atoms with van der Waals surface area (Å²) in [6.45, 7) is 5.25. The van der Waals surface area contributed by atoms with E-state index in [1.807, 2.05) is 18.2 Å². The molecule has 0 bridgehead atoms. The zero-order chi connectivity index (χ0) is 14.4. The van der Waals surface area contributed by atoms with Crippen LogP contribution in [0.15, 0.2) is 42.5 Å². The Morgan fingerprint density at radius 2 is 1.90 bits per heavy atom. The van der Waals surface area contributed by atoms with Crippen molar-refractivity contribution in [2.75, 3.05) is 0 Å². The summed E-state index contributed by atoms with van der Waals surface area (Å²) in [6.07, 6.45) is 0. The first kappa shape index (κ1) is 14.5. The minimum atomic E-state index is -0.301. The Kier molecular flexibility index (Phi) is 5.07. The Morgan fingerprint density at radius 3 is 2.65 bits per heavy atom. The number of pyridine rings is 1. The predicted octanol–water partition coefficient (Wildman–Crippen LogP) is 3.30. The quantitative estimate of drug-likeness (QED) is 0.877. The van der Waals surface area contributed by atoms with Crippen LogP contribution in [0.3, 0.4) is 0 Å². The van der Waals surface area contributed by atoms with E-state index in [0.29, 0.717) is 18.4 Å². The maximum absolute atomic E-state index is 13.0. The molecule has 4 heteroatoms. The molecule has 0 radical (unpaired) electrons. The van der Waals surface area contributed by atoms with E-state index >= 15 is 0 Å². The molecule has 1 aromatic heterocycles. The SMILES string of the molecule is CC(C)NCc1cccc(COc2cccc(F)c2)n1. The number of rotatable bonds is 6. The van der Waals surface area contributed by atoms with Gasteiger partial charge in [0.05, 0.1) is 11.4 Å².